The smallest absolute Gasteiger partial charge is 0.315 e. The highest BCUT2D eigenvalue weighted by Crippen LogP contribution is 2.31. The van der Waals surface area contributed by atoms with Crippen molar-refractivity contribution in [2.45, 2.75) is 45.7 Å². The van der Waals surface area contributed by atoms with Gasteiger partial charge in [-0.1, -0.05) is 29.8 Å². The summed E-state index contributed by atoms with van der Waals surface area (Å²) in [6.45, 7) is 7.51. The molecule has 1 saturated heterocycles. The van der Waals surface area contributed by atoms with Crippen molar-refractivity contribution in [2.75, 3.05) is 13.2 Å². The highest BCUT2D eigenvalue weighted by molar-refractivity contribution is 7.15. The minimum absolute atomic E-state index is 0.0726. The van der Waals surface area contributed by atoms with Gasteiger partial charge in [0.1, 0.15) is 5.01 Å². The lowest BCUT2D eigenvalue weighted by molar-refractivity contribution is 0.0800. The molecular formula is C19H25N3O2S. The number of nitrogens with one attached hydrogen (secondary N) is 2. The largest absolute Gasteiger partial charge is 0.381 e. The van der Waals surface area contributed by atoms with E-state index in [1.165, 1.54) is 5.56 Å². The van der Waals surface area contributed by atoms with E-state index in [1.807, 2.05) is 13.8 Å². The number of urea groups is 1. The first-order chi connectivity index (χ1) is 12.0. The van der Waals surface area contributed by atoms with Crippen molar-refractivity contribution in [1.29, 1.82) is 0 Å². The molecule has 2 aromatic rings. The first kappa shape index (κ1) is 17.9. The van der Waals surface area contributed by atoms with E-state index in [4.69, 9.17) is 4.74 Å². The zero-order chi connectivity index (χ0) is 17.8. The first-order valence-electron chi connectivity index (χ1n) is 8.72. The summed E-state index contributed by atoms with van der Waals surface area (Å²) in [5.41, 5.74) is 3.32. The average Bonchev–Trinajstić information content (AvgIpc) is 2.98. The second kappa shape index (κ2) is 7.97. The number of benzene rings is 1. The standard InChI is InChI=1S/C19H25N3O2S/c1-12-4-6-15(7-5-12)18-20-13(2)17(25-18)14(3)21-19(23)22-16-8-10-24-11-9-16/h4-7,14,16H,8-11H2,1-3H3,(H2,21,22,23). The lowest BCUT2D eigenvalue weighted by Gasteiger charge is -2.24. The number of hydrogen-bond donors (Lipinski definition) is 2. The second-order valence-corrected chi connectivity index (χ2v) is 7.59. The van der Waals surface area contributed by atoms with Gasteiger partial charge in [-0.05, 0) is 33.6 Å². The normalized spacial score (nSPS) is 16.4. The Labute approximate surface area is 152 Å². The lowest BCUT2D eigenvalue weighted by Crippen LogP contribution is -2.45. The topological polar surface area (TPSA) is 63.2 Å². The van der Waals surface area contributed by atoms with Gasteiger partial charge in [0.2, 0.25) is 0 Å². The van der Waals surface area contributed by atoms with E-state index in [0.717, 1.165) is 34.0 Å². The second-order valence-electron chi connectivity index (χ2n) is 6.56. The summed E-state index contributed by atoms with van der Waals surface area (Å²) in [5, 5.41) is 7.07. The Morgan fingerprint density at radius 3 is 2.60 bits per heavy atom. The number of carbonyl (C=O) groups excluding carboxylic acids is 1. The molecule has 134 valence electrons. The summed E-state index contributed by atoms with van der Waals surface area (Å²) in [5.74, 6) is 0. The fourth-order valence-corrected chi connectivity index (χ4v) is 4.03. The van der Waals surface area contributed by atoms with E-state index in [-0.39, 0.29) is 18.1 Å². The highest BCUT2D eigenvalue weighted by Gasteiger charge is 2.20. The molecule has 1 fully saturated rings. The van der Waals surface area contributed by atoms with E-state index in [9.17, 15) is 4.79 Å². The molecule has 2 N–H and O–H groups in total. The third-order valence-corrected chi connectivity index (χ3v) is 5.82. The van der Waals surface area contributed by atoms with Crippen LogP contribution < -0.4 is 10.6 Å². The van der Waals surface area contributed by atoms with Crippen LogP contribution in [0.25, 0.3) is 10.6 Å². The molecule has 1 aromatic carbocycles. The molecule has 0 bridgehead atoms. The fourth-order valence-electron chi connectivity index (χ4n) is 2.96. The van der Waals surface area contributed by atoms with Gasteiger partial charge in [0.25, 0.3) is 0 Å². The molecule has 0 aliphatic carbocycles. The predicted molar refractivity (Wildman–Crippen MR) is 101 cm³/mol. The molecule has 1 aliphatic heterocycles. The molecule has 1 aromatic heterocycles. The van der Waals surface area contributed by atoms with Crippen LogP contribution in [0.2, 0.25) is 0 Å². The number of hydrogen-bond acceptors (Lipinski definition) is 4. The maximum Gasteiger partial charge on any atom is 0.315 e. The zero-order valence-corrected chi connectivity index (χ0v) is 15.8. The number of rotatable bonds is 4. The Hall–Kier alpha value is -1.92. The molecule has 1 aliphatic rings. The molecule has 1 unspecified atom stereocenters. The molecule has 0 radical (unpaired) electrons. The SMILES string of the molecule is Cc1ccc(-c2nc(C)c(C(C)NC(=O)NC3CCOCC3)s2)cc1. The summed E-state index contributed by atoms with van der Waals surface area (Å²) in [6.07, 6.45) is 1.75. The average molecular weight is 359 g/mol. The molecular weight excluding hydrogens is 334 g/mol. The highest BCUT2D eigenvalue weighted by atomic mass is 32.1. The van der Waals surface area contributed by atoms with E-state index < -0.39 is 0 Å². The first-order valence-corrected chi connectivity index (χ1v) is 9.53. The van der Waals surface area contributed by atoms with Crippen molar-refractivity contribution in [3.63, 3.8) is 0 Å². The van der Waals surface area contributed by atoms with Crippen LogP contribution in [-0.4, -0.2) is 30.3 Å². The predicted octanol–water partition coefficient (Wildman–Crippen LogP) is 3.97. The number of aromatic nitrogens is 1. The molecule has 3 rings (SSSR count). The quantitative estimate of drug-likeness (QED) is 0.868. The van der Waals surface area contributed by atoms with E-state index >= 15 is 0 Å². The van der Waals surface area contributed by atoms with Gasteiger partial charge in [-0.2, -0.15) is 0 Å². The van der Waals surface area contributed by atoms with Crippen molar-refractivity contribution in [2.24, 2.45) is 0 Å². The number of amides is 2. The van der Waals surface area contributed by atoms with Crippen LogP contribution in [0.1, 0.15) is 41.9 Å². The Kier molecular flexibility index (Phi) is 5.71. The minimum atomic E-state index is -0.121. The van der Waals surface area contributed by atoms with Gasteiger partial charge in [0.05, 0.1) is 16.6 Å². The minimum Gasteiger partial charge on any atom is -0.381 e. The third kappa shape index (κ3) is 4.58. The van der Waals surface area contributed by atoms with Gasteiger partial charge in [0.15, 0.2) is 0 Å². The van der Waals surface area contributed by atoms with Crippen molar-refractivity contribution in [3.8, 4) is 10.6 Å². The third-order valence-electron chi connectivity index (χ3n) is 4.43. The van der Waals surface area contributed by atoms with Gasteiger partial charge in [-0.25, -0.2) is 9.78 Å². The Morgan fingerprint density at radius 2 is 1.92 bits per heavy atom. The number of thiazole rings is 1. The zero-order valence-electron chi connectivity index (χ0n) is 15.0. The van der Waals surface area contributed by atoms with Crippen LogP contribution in [0.3, 0.4) is 0 Å². The maximum atomic E-state index is 12.2. The van der Waals surface area contributed by atoms with Gasteiger partial charge < -0.3 is 15.4 Å². The molecule has 5 nitrogen and oxygen atoms in total. The molecule has 2 amide bonds. The maximum absolute atomic E-state index is 12.2. The van der Waals surface area contributed by atoms with E-state index in [2.05, 4.69) is 46.8 Å². The Balaban J connectivity index is 1.64. The van der Waals surface area contributed by atoms with Gasteiger partial charge in [-0.15, -0.1) is 11.3 Å². The molecule has 25 heavy (non-hydrogen) atoms. The Morgan fingerprint density at radius 1 is 1.24 bits per heavy atom. The fraction of sp³-hybridized carbons (Fsp3) is 0.474. The molecule has 0 spiro atoms. The van der Waals surface area contributed by atoms with Crippen LogP contribution in [-0.2, 0) is 4.74 Å². The van der Waals surface area contributed by atoms with Crippen molar-refractivity contribution < 1.29 is 9.53 Å². The summed E-state index contributed by atoms with van der Waals surface area (Å²) >= 11 is 1.64. The van der Waals surface area contributed by atoms with Crippen molar-refractivity contribution in [1.82, 2.24) is 15.6 Å². The lowest BCUT2D eigenvalue weighted by atomic mass is 10.1. The van der Waals surface area contributed by atoms with Gasteiger partial charge in [0, 0.05) is 24.8 Å². The van der Waals surface area contributed by atoms with E-state index in [1.54, 1.807) is 11.3 Å². The molecule has 1 atom stereocenters. The van der Waals surface area contributed by atoms with Crippen molar-refractivity contribution >= 4 is 17.4 Å². The number of carbonyl (C=O) groups is 1. The van der Waals surface area contributed by atoms with Crippen LogP contribution in [0.5, 0.6) is 0 Å². The summed E-state index contributed by atoms with van der Waals surface area (Å²) in [6, 6.07) is 8.37. The van der Waals surface area contributed by atoms with Crippen LogP contribution >= 0.6 is 11.3 Å². The molecule has 6 heteroatoms. The van der Waals surface area contributed by atoms with Crippen LogP contribution in [0, 0.1) is 13.8 Å². The van der Waals surface area contributed by atoms with Gasteiger partial charge in [-0.3, -0.25) is 0 Å². The molecule has 0 saturated carbocycles. The molecule has 2 heterocycles. The number of aryl methyl sites for hydroxylation is 2. The summed E-state index contributed by atoms with van der Waals surface area (Å²) in [4.78, 5) is 18.0. The van der Waals surface area contributed by atoms with Crippen molar-refractivity contribution in [3.05, 3.63) is 40.4 Å². The van der Waals surface area contributed by atoms with Crippen LogP contribution in [0.4, 0.5) is 4.79 Å². The monoisotopic (exact) mass is 359 g/mol. The number of ether oxygens (including phenoxy) is 1. The Bertz CT molecular complexity index is 721. The van der Waals surface area contributed by atoms with E-state index in [0.29, 0.717) is 13.2 Å². The summed E-state index contributed by atoms with van der Waals surface area (Å²) in [7, 11) is 0. The van der Waals surface area contributed by atoms with Crippen LogP contribution in [0.15, 0.2) is 24.3 Å². The summed E-state index contributed by atoms with van der Waals surface area (Å²) < 4.78 is 5.32. The number of nitrogens with zero attached hydrogens (tertiary/aromatic N) is 1. The van der Waals surface area contributed by atoms with Gasteiger partial charge >= 0.3 is 6.03 Å².